The molecule has 0 heterocycles. The van der Waals surface area contributed by atoms with Crippen LogP contribution in [0.4, 0.5) is 0 Å². The Hall–Kier alpha value is -0.700. The van der Waals surface area contributed by atoms with E-state index in [0.29, 0.717) is 41.9 Å². The summed E-state index contributed by atoms with van der Waals surface area (Å²) in [6.07, 6.45) is 8.30. The molecule has 8 heteroatoms. The Labute approximate surface area is 224 Å². The van der Waals surface area contributed by atoms with E-state index in [-0.39, 0.29) is 35.5 Å². The minimum absolute atomic E-state index is 0.121. The molecule has 4 saturated carbocycles. The summed E-state index contributed by atoms with van der Waals surface area (Å²) in [7, 11) is -3.97. The molecule has 37 heavy (non-hydrogen) atoms. The third-order valence-electron chi connectivity index (χ3n) is 12.2. The molecule has 214 valence electrons. The van der Waals surface area contributed by atoms with E-state index in [1.807, 2.05) is 0 Å². The molecule has 0 radical (unpaired) electrons. The van der Waals surface area contributed by atoms with Gasteiger partial charge in [0.2, 0.25) is 10.0 Å². The molecule has 4 aliphatic carbocycles. The van der Waals surface area contributed by atoms with Gasteiger partial charge in [-0.1, -0.05) is 34.1 Å². The fourth-order valence-corrected chi connectivity index (χ4v) is 10.8. The number of nitrogens with one attached hydrogen (secondary N) is 1. The van der Waals surface area contributed by atoms with E-state index in [9.17, 15) is 28.5 Å². The van der Waals surface area contributed by atoms with Crippen molar-refractivity contribution in [3.63, 3.8) is 0 Å². The van der Waals surface area contributed by atoms with E-state index in [1.165, 1.54) is 13.8 Å². The lowest BCUT2D eigenvalue weighted by Gasteiger charge is -2.64. The number of rotatable bonds is 8. The van der Waals surface area contributed by atoms with Crippen molar-refractivity contribution < 1.29 is 28.5 Å². The van der Waals surface area contributed by atoms with Gasteiger partial charge in [0.1, 0.15) is 0 Å². The van der Waals surface area contributed by atoms with E-state index in [2.05, 4.69) is 32.4 Å². The number of aliphatic hydroxyl groups excluding tert-OH is 2. The summed E-state index contributed by atoms with van der Waals surface area (Å²) in [5.74, 6) is 1.31. The molecule has 3 unspecified atom stereocenters. The highest BCUT2D eigenvalue weighted by molar-refractivity contribution is 7.91. The normalized spacial score (nSPS) is 45.0. The second-order valence-corrected chi connectivity index (χ2v) is 16.4. The minimum Gasteiger partial charge on any atom is -0.480 e. The maximum absolute atomic E-state index is 12.6. The van der Waals surface area contributed by atoms with Crippen LogP contribution in [-0.4, -0.2) is 53.2 Å². The van der Waals surface area contributed by atoms with Crippen molar-refractivity contribution in [3.8, 4) is 0 Å². The van der Waals surface area contributed by atoms with Crippen LogP contribution in [0.3, 0.4) is 0 Å². The number of aliphatic carboxylic acids is 1. The van der Waals surface area contributed by atoms with Crippen molar-refractivity contribution in [3.05, 3.63) is 0 Å². The van der Waals surface area contributed by atoms with E-state index in [0.717, 1.165) is 51.4 Å². The molecule has 0 amide bonds. The number of carboxylic acid groups (broad SMARTS) is 1. The van der Waals surface area contributed by atoms with Crippen LogP contribution in [0.5, 0.6) is 0 Å². The lowest BCUT2D eigenvalue weighted by atomic mass is 9.41. The van der Waals surface area contributed by atoms with Gasteiger partial charge in [-0.3, -0.25) is 4.79 Å². The molecule has 0 aromatic rings. The monoisotopic (exact) mass is 541 g/mol. The smallest absolute Gasteiger partial charge is 0.325 e. The third kappa shape index (κ3) is 4.59. The van der Waals surface area contributed by atoms with Crippen molar-refractivity contribution in [2.24, 2.45) is 52.3 Å². The van der Waals surface area contributed by atoms with Gasteiger partial charge in [0, 0.05) is 6.54 Å². The number of hydrogen-bond acceptors (Lipinski definition) is 5. The Morgan fingerprint density at radius 3 is 2.27 bits per heavy atom. The summed E-state index contributed by atoms with van der Waals surface area (Å²) in [4.78, 5) is 11.4. The highest BCUT2D eigenvalue weighted by Gasteiger charge is 2.64. The van der Waals surface area contributed by atoms with Crippen LogP contribution in [0.15, 0.2) is 0 Å². The molecule has 0 aromatic heterocycles. The molecule has 0 aromatic carbocycles. The first-order valence-electron chi connectivity index (χ1n) is 14.7. The Balaban J connectivity index is 1.49. The van der Waals surface area contributed by atoms with Gasteiger partial charge in [-0.25, -0.2) is 13.1 Å². The summed E-state index contributed by atoms with van der Waals surface area (Å²) >= 11 is 0. The number of carboxylic acids is 1. The summed E-state index contributed by atoms with van der Waals surface area (Å²) in [6.45, 7) is 12.0. The van der Waals surface area contributed by atoms with Gasteiger partial charge in [-0.15, -0.1) is 0 Å². The van der Waals surface area contributed by atoms with Gasteiger partial charge >= 0.3 is 5.97 Å². The molecule has 4 rings (SSSR count). The highest BCUT2D eigenvalue weighted by Crippen LogP contribution is 2.69. The van der Waals surface area contributed by atoms with Crippen molar-refractivity contribution in [1.29, 1.82) is 0 Å². The Bertz CT molecular complexity index is 967. The van der Waals surface area contributed by atoms with Gasteiger partial charge in [0.05, 0.1) is 12.2 Å². The molecule has 11 atom stereocenters. The quantitative estimate of drug-likeness (QED) is 0.361. The average Bonchev–Trinajstić information content (AvgIpc) is 3.17. The predicted octanol–water partition coefficient (Wildman–Crippen LogP) is 4.42. The minimum atomic E-state index is -3.97. The number of hydrogen-bond donors (Lipinski definition) is 4. The first kappa shape index (κ1) is 29.3. The molecule has 7 nitrogen and oxygen atoms in total. The fraction of sp³-hybridized carbons (Fsp3) is 0.966. The van der Waals surface area contributed by atoms with Crippen molar-refractivity contribution in [1.82, 2.24) is 4.72 Å². The van der Waals surface area contributed by atoms with Crippen LogP contribution in [0, 0.1) is 52.3 Å². The molecule has 0 spiro atoms. The predicted molar refractivity (Wildman–Crippen MR) is 144 cm³/mol. The van der Waals surface area contributed by atoms with E-state index in [4.69, 9.17) is 0 Å². The molecule has 4 N–H and O–H groups in total. The summed E-state index contributed by atoms with van der Waals surface area (Å²) in [5, 5.41) is 31.6. The van der Waals surface area contributed by atoms with E-state index in [1.54, 1.807) is 0 Å². The SMILES string of the molecule is CC[C@@H]1C2C[C@H](O)CC[C@@]2(C)[C@H]2CCC3(C)[C@@H]([C@H](C)CCNS(=O)(=O)C(C)(C)C(=O)O)CC[C@H]3C2[C@@H]1O. The zero-order chi connectivity index (χ0) is 27.6. The van der Waals surface area contributed by atoms with Crippen LogP contribution in [0.25, 0.3) is 0 Å². The number of aliphatic hydroxyl groups is 2. The Morgan fingerprint density at radius 1 is 1.03 bits per heavy atom. The molecular formula is C29H51NO6S. The number of carbonyl (C=O) groups is 1. The van der Waals surface area contributed by atoms with Crippen LogP contribution >= 0.6 is 0 Å². The molecule has 0 saturated heterocycles. The Morgan fingerprint density at radius 2 is 1.65 bits per heavy atom. The fourth-order valence-electron chi connectivity index (χ4n) is 9.85. The van der Waals surface area contributed by atoms with Crippen molar-refractivity contribution in [2.45, 2.75) is 116 Å². The van der Waals surface area contributed by atoms with E-state index < -0.39 is 20.7 Å². The molecule has 4 fully saturated rings. The topological polar surface area (TPSA) is 124 Å². The standard InChI is InChI=1S/C29H51NO6S/c1-7-19-23-16-18(31)10-13-29(23,6)22-11-14-28(5)20(8-9-21(28)24(22)25(19)32)17(2)12-15-30-37(35,36)27(3,4)26(33)34/h17-25,30-32H,7-16H2,1-6H3,(H,33,34)/t17-,18-,19-,20-,21+,22+,23?,24?,25-,28?,29+/m1/s1. The summed E-state index contributed by atoms with van der Waals surface area (Å²) < 4.78 is 25.8. The lowest BCUT2D eigenvalue weighted by molar-refractivity contribution is -0.203. The maximum Gasteiger partial charge on any atom is 0.325 e. The van der Waals surface area contributed by atoms with Gasteiger partial charge in [-0.2, -0.15) is 0 Å². The molecule has 0 aliphatic heterocycles. The van der Waals surface area contributed by atoms with Crippen LogP contribution in [0.2, 0.25) is 0 Å². The van der Waals surface area contributed by atoms with Gasteiger partial charge < -0.3 is 15.3 Å². The van der Waals surface area contributed by atoms with Crippen LogP contribution in [0.1, 0.15) is 99.3 Å². The molecule has 4 aliphatic rings. The van der Waals surface area contributed by atoms with Crippen LogP contribution < -0.4 is 4.72 Å². The summed E-state index contributed by atoms with van der Waals surface area (Å²) in [6, 6.07) is 0. The lowest BCUT2D eigenvalue weighted by Crippen LogP contribution is -2.62. The van der Waals surface area contributed by atoms with Gasteiger partial charge in [-0.05, 0) is 117 Å². The molecule has 0 bridgehead atoms. The zero-order valence-corrected chi connectivity index (χ0v) is 24.6. The average molecular weight is 542 g/mol. The molecular weight excluding hydrogens is 490 g/mol. The summed E-state index contributed by atoms with van der Waals surface area (Å²) in [5.41, 5.74) is 0.306. The third-order valence-corrected chi connectivity index (χ3v) is 14.3. The Kier molecular flexibility index (Phi) is 7.95. The first-order valence-corrected chi connectivity index (χ1v) is 16.2. The maximum atomic E-state index is 12.6. The highest BCUT2D eigenvalue weighted by atomic mass is 32.2. The number of fused-ring (bicyclic) bond motifs is 5. The largest absolute Gasteiger partial charge is 0.480 e. The first-order chi connectivity index (χ1) is 17.1. The van der Waals surface area contributed by atoms with Gasteiger partial charge in [0.25, 0.3) is 0 Å². The second-order valence-electron chi connectivity index (χ2n) is 14.1. The van der Waals surface area contributed by atoms with Crippen molar-refractivity contribution >= 4 is 16.0 Å². The van der Waals surface area contributed by atoms with Gasteiger partial charge in [0.15, 0.2) is 4.75 Å². The van der Waals surface area contributed by atoms with E-state index >= 15 is 0 Å². The zero-order valence-electron chi connectivity index (χ0n) is 23.7. The van der Waals surface area contributed by atoms with Crippen molar-refractivity contribution in [2.75, 3.05) is 6.54 Å². The second kappa shape index (κ2) is 10.0. The van der Waals surface area contributed by atoms with Crippen LogP contribution in [-0.2, 0) is 14.8 Å². The number of sulfonamides is 1.